The van der Waals surface area contributed by atoms with Crippen molar-refractivity contribution in [3.05, 3.63) is 40.5 Å². The topological polar surface area (TPSA) is 45.1 Å². The predicted molar refractivity (Wildman–Crippen MR) is 82.0 cm³/mol. The molecule has 0 saturated heterocycles. The van der Waals surface area contributed by atoms with E-state index in [1.807, 2.05) is 19.2 Å². The molecule has 0 saturated carbocycles. The van der Waals surface area contributed by atoms with Gasteiger partial charge in [0, 0.05) is 35.2 Å². The first-order valence-corrected chi connectivity index (χ1v) is 7.29. The highest BCUT2D eigenvalue weighted by Gasteiger charge is 2.11. The second-order valence-electron chi connectivity index (χ2n) is 4.94. The number of aliphatic hydroxyl groups is 1. The zero-order valence-electron chi connectivity index (χ0n) is 11.2. The van der Waals surface area contributed by atoms with Gasteiger partial charge in [0.2, 0.25) is 0 Å². The maximum absolute atomic E-state index is 9.15. The molecule has 0 aliphatic heterocycles. The number of rotatable bonds is 5. The molecule has 0 radical (unpaired) electrons. The summed E-state index contributed by atoms with van der Waals surface area (Å²) in [5.41, 5.74) is 2.20. The van der Waals surface area contributed by atoms with E-state index in [-0.39, 0.29) is 18.6 Å². The maximum atomic E-state index is 9.15. The highest BCUT2D eigenvalue weighted by Crippen LogP contribution is 2.25. The molecule has 1 aromatic carbocycles. The van der Waals surface area contributed by atoms with Crippen molar-refractivity contribution in [2.45, 2.75) is 26.4 Å². The van der Waals surface area contributed by atoms with Crippen LogP contribution < -0.4 is 5.32 Å². The molecule has 0 aliphatic rings. The Hall–Kier alpha value is -0.970. The van der Waals surface area contributed by atoms with Gasteiger partial charge < -0.3 is 10.4 Å². The Morgan fingerprint density at radius 3 is 2.84 bits per heavy atom. The van der Waals surface area contributed by atoms with Crippen molar-refractivity contribution in [3.63, 3.8) is 0 Å². The van der Waals surface area contributed by atoms with Crippen molar-refractivity contribution in [1.82, 2.24) is 10.3 Å². The number of nitrogens with one attached hydrogen (secondary N) is 1. The van der Waals surface area contributed by atoms with Crippen molar-refractivity contribution in [2.75, 3.05) is 6.61 Å². The lowest BCUT2D eigenvalue weighted by Gasteiger charge is -2.19. The van der Waals surface area contributed by atoms with Crippen LogP contribution in [0.2, 0.25) is 0 Å². The lowest BCUT2D eigenvalue weighted by atomic mass is 10.0. The first-order valence-electron chi connectivity index (χ1n) is 6.50. The fraction of sp³-hybridized carbons (Fsp3) is 0.400. The summed E-state index contributed by atoms with van der Waals surface area (Å²) in [6, 6.07) is 8.42. The summed E-state index contributed by atoms with van der Waals surface area (Å²) in [5, 5.41) is 13.7. The summed E-state index contributed by atoms with van der Waals surface area (Å²) in [6.45, 7) is 5.09. The molecule has 2 aromatic rings. The Bertz CT molecular complexity index is 559. The van der Waals surface area contributed by atoms with Gasteiger partial charge in [0.15, 0.2) is 0 Å². The Labute approximate surface area is 122 Å². The van der Waals surface area contributed by atoms with Crippen LogP contribution in [0.25, 0.3) is 10.9 Å². The molecule has 2 rings (SSSR count). The Morgan fingerprint density at radius 2 is 2.11 bits per heavy atom. The second-order valence-corrected chi connectivity index (χ2v) is 5.79. The normalized spacial score (nSPS) is 14.5. The first-order chi connectivity index (χ1) is 9.13. The molecule has 0 spiro atoms. The lowest BCUT2D eigenvalue weighted by Crippen LogP contribution is -2.33. The van der Waals surface area contributed by atoms with E-state index >= 15 is 0 Å². The van der Waals surface area contributed by atoms with Gasteiger partial charge in [-0.05, 0) is 30.5 Å². The van der Waals surface area contributed by atoms with E-state index in [9.17, 15) is 0 Å². The number of aromatic nitrogens is 1. The number of pyridine rings is 1. The molecular weight excluding hydrogens is 304 g/mol. The standard InChI is InChI=1S/C15H19BrN2O/c1-10(9-19)11(2)18-8-12-5-6-14(16)13-4-3-7-17-15(12)13/h3-7,10-11,18-19H,8-9H2,1-2H3. The van der Waals surface area contributed by atoms with Gasteiger partial charge in [0.1, 0.15) is 0 Å². The second kappa shape index (κ2) is 6.46. The molecule has 0 amide bonds. The van der Waals surface area contributed by atoms with Crippen LogP contribution >= 0.6 is 15.9 Å². The Kier molecular flexibility index (Phi) is 4.91. The van der Waals surface area contributed by atoms with Gasteiger partial charge in [-0.3, -0.25) is 4.98 Å². The number of fused-ring (bicyclic) bond motifs is 1. The van der Waals surface area contributed by atoms with Gasteiger partial charge >= 0.3 is 0 Å². The number of nitrogens with zero attached hydrogens (tertiary/aromatic N) is 1. The predicted octanol–water partition coefficient (Wildman–Crippen LogP) is 3.10. The molecule has 0 fully saturated rings. The molecule has 1 aromatic heterocycles. The quantitative estimate of drug-likeness (QED) is 0.889. The van der Waals surface area contributed by atoms with E-state index in [1.165, 1.54) is 5.56 Å². The minimum Gasteiger partial charge on any atom is -0.396 e. The molecule has 1 heterocycles. The van der Waals surface area contributed by atoms with Crippen LogP contribution in [0.15, 0.2) is 34.9 Å². The average Bonchev–Trinajstić information content (AvgIpc) is 2.45. The van der Waals surface area contributed by atoms with Crippen molar-refractivity contribution in [1.29, 1.82) is 0 Å². The van der Waals surface area contributed by atoms with E-state index in [4.69, 9.17) is 5.11 Å². The fourth-order valence-corrected chi connectivity index (χ4v) is 2.42. The SMILES string of the molecule is CC(CO)C(C)NCc1ccc(Br)c2cccnc12. The molecule has 2 atom stereocenters. The zero-order chi connectivity index (χ0) is 13.8. The molecule has 2 unspecified atom stereocenters. The van der Waals surface area contributed by atoms with E-state index in [1.54, 1.807) is 0 Å². The van der Waals surface area contributed by atoms with Crippen LogP contribution in [0, 0.1) is 5.92 Å². The van der Waals surface area contributed by atoms with E-state index in [0.29, 0.717) is 0 Å². The average molecular weight is 323 g/mol. The van der Waals surface area contributed by atoms with Crippen molar-refractivity contribution in [3.8, 4) is 0 Å². The summed E-state index contributed by atoms with van der Waals surface area (Å²) >= 11 is 3.55. The highest BCUT2D eigenvalue weighted by atomic mass is 79.9. The molecular formula is C15H19BrN2O. The minimum atomic E-state index is 0.202. The maximum Gasteiger partial charge on any atom is 0.0758 e. The van der Waals surface area contributed by atoms with Gasteiger partial charge in [-0.2, -0.15) is 0 Å². The Balaban J connectivity index is 2.20. The number of hydrogen-bond acceptors (Lipinski definition) is 3. The number of halogens is 1. The third-order valence-corrected chi connectivity index (χ3v) is 4.25. The van der Waals surface area contributed by atoms with Gasteiger partial charge in [0.05, 0.1) is 5.52 Å². The van der Waals surface area contributed by atoms with Crippen LogP contribution in [0.3, 0.4) is 0 Å². The van der Waals surface area contributed by atoms with E-state index < -0.39 is 0 Å². The summed E-state index contributed by atoms with van der Waals surface area (Å²) in [6.07, 6.45) is 1.82. The summed E-state index contributed by atoms with van der Waals surface area (Å²) in [7, 11) is 0. The van der Waals surface area contributed by atoms with Gasteiger partial charge in [-0.1, -0.05) is 35.0 Å². The smallest absolute Gasteiger partial charge is 0.0758 e. The van der Waals surface area contributed by atoms with Crippen LogP contribution in [0.1, 0.15) is 19.4 Å². The largest absolute Gasteiger partial charge is 0.396 e. The lowest BCUT2D eigenvalue weighted by molar-refractivity contribution is 0.207. The summed E-state index contributed by atoms with van der Waals surface area (Å²) in [4.78, 5) is 4.47. The first kappa shape index (κ1) is 14.4. The summed E-state index contributed by atoms with van der Waals surface area (Å²) in [5.74, 6) is 0.245. The van der Waals surface area contributed by atoms with Crippen molar-refractivity contribution < 1.29 is 5.11 Å². The molecule has 19 heavy (non-hydrogen) atoms. The molecule has 3 nitrogen and oxygen atoms in total. The number of aliphatic hydroxyl groups excluding tert-OH is 1. The molecule has 4 heteroatoms. The van der Waals surface area contributed by atoms with Crippen molar-refractivity contribution >= 4 is 26.8 Å². The van der Waals surface area contributed by atoms with Crippen LogP contribution in [-0.2, 0) is 6.54 Å². The summed E-state index contributed by atoms with van der Waals surface area (Å²) < 4.78 is 1.07. The van der Waals surface area contributed by atoms with Gasteiger partial charge in [0.25, 0.3) is 0 Å². The molecule has 0 bridgehead atoms. The Morgan fingerprint density at radius 1 is 1.32 bits per heavy atom. The number of hydrogen-bond donors (Lipinski definition) is 2. The van der Waals surface area contributed by atoms with E-state index in [0.717, 1.165) is 21.9 Å². The number of benzene rings is 1. The minimum absolute atomic E-state index is 0.202. The molecule has 2 N–H and O–H groups in total. The van der Waals surface area contributed by atoms with Crippen LogP contribution in [0.5, 0.6) is 0 Å². The van der Waals surface area contributed by atoms with Gasteiger partial charge in [-0.15, -0.1) is 0 Å². The van der Waals surface area contributed by atoms with Crippen molar-refractivity contribution in [2.24, 2.45) is 5.92 Å². The fourth-order valence-electron chi connectivity index (χ4n) is 1.97. The van der Waals surface area contributed by atoms with Gasteiger partial charge in [-0.25, -0.2) is 0 Å². The highest BCUT2D eigenvalue weighted by molar-refractivity contribution is 9.10. The zero-order valence-corrected chi connectivity index (χ0v) is 12.8. The molecule has 102 valence electrons. The molecule has 0 aliphatic carbocycles. The third-order valence-electron chi connectivity index (χ3n) is 3.56. The van der Waals surface area contributed by atoms with Crippen LogP contribution in [-0.4, -0.2) is 22.7 Å². The monoisotopic (exact) mass is 322 g/mol. The van der Waals surface area contributed by atoms with Crippen LogP contribution in [0.4, 0.5) is 0 Å². The van der Waals surface area contributed by atoms with E-state index in [2.05, 4.69) is 51.4 Å². The third kappa shape index (κ3) is 3.32.